The molecule has 30 heavy (non-hydrogen) atoms. The van der Waals surface area contributed by atoms with Crippen molar-refractivity contribution in [2.45, 2.75) is 19.4 Å². The summed E-state index contributed by atoms with van der Waals surface area (Å²) < 4.78 is 5.34. The smallest absolute Gasteiger partial charge is 0.289 e. The molecule has 8 nitrogen and oxygen atoms in total. The van der Waals surface area contributed by atoms with Crippen molar-refractivity contribution < 1.29 is 14.3 Å². The Hall–Kier alpha value is -2.49. The van der Waals surface area contributed by atoms with Crippen molar-refractivity contribution in [1.29, 1.82) is 0 Å². The number of ether oxygens (including phenoxy) is 1. The van der Waals surface area contributed by atoms with Crippen LogP contribution in [0.3, 0.4) is 0 Å². The number of hydrogen-bond donors (Lipinski definition) is 2. The van der Waals surface area contributed by atoms with Crippen LogP contribution < -0.4 is 15.8 Å². The van der Waals surface area contributed by atoms with E-state index in [1.807, 2.05) is 18.2 Å². The van der Waals surface area contributed by atoms with Crippen LogP contribution in [0.1, 0.15) is 28.9 Å². The lowest BCUT2D eigenvalue weighted by atomic mass is 9.97. The van der Waals surface area contributed by atoms with E-state index in [2.05, 4.69) is 37.8 Å². The summed E-state index contributed by atoms with van der Waals surface area (Å²) in [4.78, 5) is 33.8. The van der Waals surface area contributed by atoms with Crippen LogP contribution in [0.2, 0.25) is 0 Å². The van der Waals surface area contributed by atoms with Crippen molar-refractivity contribution in [3.8, 4) is 0 Å². The Bertz CT molecular complexity index is 853. The van der Waals surface area contributed by atoms with Gasteiger partial charge in [-0.1, -0.05) is 30.3 Å². The average molecular weight is 430 g/mol. The van der Waals surface area contributed by atoms with Crippen molar-refractivity contribution in [3.63, 3.8) is 0 Å². The van der Waals surface area contributed by atoms with Gasteiger partial charge in [-0.2, -0.15) is 0 Å². The van der Waals surface area contributed by atoms with E-state index >= 15 is 0 Å². The Morgan fingerprint density at radius 2 is 1.93 bits per heavy atom. The minimum atomic E-state index is -0.393. The second kappa shape index (κ2) is 10.0. The number of hydrogen-bond acceptors (Lipinski definition) is 7. The van der Waals surface area contributed by atoms with Gasteiger partial charge in [0, 0.05) is 31.6 Å². The predicted octanol–water partition coefficient (Wildman–Crippen LogP) is 1.65. The SMILES string of the molecule is O=C(NNC(=O)C1CCCN(Cc2ccccc2)C1)c1csc(N2CCOCC2)n1. The summed E-state index contributed by atoms with van der Waals surface area (Å²) in [6, 6.07) is 10.3. The van der Waals surface area contributed by atoms with Gasteiger partial charge in [0.25, 0.3) is 5.91 Å². The Morgan fingerprint density at radius 1 is 1.13 bits per heavy atom. The molecule has 1 aromatic heterocycles. The van der Waals surface area contributed by atoms with Crippen LogP contribution >= 0.6 is 11.3 Å². The minimum absolute atomic E-state index is 0.137. The van der Waals surface area contributed by atoms with E-state index in [0.717, 1.165) is 44.2 Å². The number of morpholine rings is 1. The summed E-state index contributed by atoms with van der Waals surface area (Å²) in [6.45, 7) is 5.38. The third kappa shape index (κ3) is 5.35. The van der Waals surface area contributed by atoms with Crippen LogP contribution in [0, 0.1) is 5.92 Å². The van der Waals surface area contributed by atoms with E-state index in [1.54, 1.807) is 5.38 Å². The molecule has 0 radical (unpaired) electrons. The van der Waals surface area contributed by atoms with E-state index in [1.165, 1.54) is 16.9 Å². The molecule has 2 saturated heterocycles. The third-order valence-electron chi connectivity index (χ3n) is 5.43. The van der Waals surface area contributed by atoms with Gasteiger partial charge in [-0.15, -0.1) is 11.3 Å². The van der Waals surface area contributed by atoms with E-state index in [9.17, 15) is 9.59 Å². The number of anilines is 1. The van der Waals surface area contributed by atoms with Gasteiger partial charge >= 0.3 is 0 Å². The summed E-state index contributed by atoms with van der Waals surface area (Å²) in [5, 5.41) is 2.52. The summed E-state index contributed by atoms with van der Waals surface area (Å²) in [5.41, 5.74) is 6.67. The Labute approximate surface area is 180 Å². The number of carbonyl (C=O) groups is 2. The fourth-order valence-electron chi connectivity index (χ4n) is 3.81. The maximum atomic E-state index is 12.6. The molecule has 0 spiro atoms. The first-order valence-electron chi connectivity index (χ1n) is 10.3. The third-order valence-corrected chi connectivity index (χ3v) is 6.33. The lowest BCUT2D eigenvalue weighted by Crippen LogP contribution is -2.48. The van der Waals surface area contributed by atoms with Crippen molar-refractivity contribution in [2.75, 3.05) is 44.3 Å². The topological polar surface area (TPSA) is 86.8 Å². The first-order valence-corrected chi connectivity index (χ1v) is 11.2. The van der Waals surface area contributed by atoms with Crippen LogP contribution in [0.25, 0.3) is 0 Å². The van der Waals surface area contributed by atoms with Gasteiger partial charge in [-0.3, -0.25) is 25.3 Å². The number of hydrazine groups is 1. The van der Waals surface area contributed by atoms with Gasteiger partial charge in [0.05, 0.1) is 19.1 Å². The zero-order valence-electron chi connectivity index (χ0n) is 16.9. The fourth-order valence-corrected chi connectivity index (χ4v) is 4.67. The number of thiazole rings is 1. The van der Waals surface area contributed by atoms with E-state index in [0.29, 0.717) is 25.5 Å². The Morgan fingerprint density at radius 3 is 2.73 bits per heavy atom. The Balaban J connectivity index is 1.25. The minimum Gasteiger partial charge on any atom is -0.378 e. The molecule has 2 amide bonds. The quantitative estimate of drug-likeness (QED) is 0.703. The normalized spacial score (nSPS) is 20.0. The highest BCUT2D eigenvalue weighted by Crippen LogP contribution is 2.21. The number of nitrogens with zero attached hydrogens (tertiary/aromatic N) is 3. The molecule has 2 fully saturated rings. The van der Waals surface area contributed by atoms with Gasteiger partial charge in [-0.25, -0.2) is 4.98 Å². The standard InChI is InChI=1S/C21H27N5O3S/c27-19(17-7-4-8-25(14-17)13-16-5-2-1-3-6-16)23-24-20(28)18-15-30-21(22-18)26-9-11-29-12-10-26/h1-3,5-6,15,17H,4,7-14H2,(H,23,27)(H,24,28). The van der Waals surface area contributed by atoms with Gasteiger partial charge in [0.1, 0.15) is 5.69 Å². The second-order valence-corrected chi connectivity index (χ2v) is 8.45. The first-order chi connectivity index (χ1) is 14.7. The van der Waals surface area contributed by atoms with Gasteiger partial charge in [0.15, 0.2) is 5.13 Å². The molecule has 0 saturated carbocycles. The lowest BCUT2D eigenvalue weighted by Gasteiger charge is -2.31. The molecule has 4 rings (SSSR count). The molecule has 3 heterocycles. The number of piperidine rings is 1. The van der Waals surface area contributed by atoms with Crippen LogP contribution in [0.4, 0.5) is 5.13 Å². The molecule has 2 aromatic rings. The maximum Gasteiger partial charge on any atom is 0.289 e. The van der Waals surface area contributed by atoms with Crippen molar-refractivity contribution in [3.05, 3.63) is 47.0 Å². The molecule has 2 N–H and O–H groups in total. The van der Waals surface area contributed by atoms with E-state index in [4.69, 9.17) is 4.74 Å². The van der Waals surface area contributed by atoms with E-state index < -0.39 is 5.91 Å². The van der Waals surface area contributed by atoms with Crippen molar-refractivity contribution >= 4 is 28.3 Å². The molecular weight excluding hydrogens is 402 g/mol. The molecule has 1 aromatic carbocycles. The summed E-state index contributed by atoms with van der Waals surface area (Å²) in [5.74, 6) is -0.678. The highest BCUT2D eigenvalue weighted by atomic mass is 32.1. The molecule has 0 aliphatic carbocycles. The number of aromatic nitrogens is 1. The number of amides is 2. The summed E-state index contributed by atoms with van der Waals surface area (Å²) >= 11 is 1.43. The fraction of sp³-hybridized carbons (Fsp3) is 0.476. The molecule has 2 aliphatic heterocycles. The summed E-state index contributed by atoms with van der Waals surface area (Å²) in [6.07, 6.45) is 1.79. The molecule has 2 aliphatic rings. The predicted molar refractivity (Wildman–Crippen MR) is 115 cm³/mol. The Kier molecular flexibility index (Phi) is 6.93. The highest BCUT2D eigenvalue weighted by molar-refractivity contribution is 7.13. The number of likely N-dealkylation sites (tertiary alicyclic amines) is 1. The molecule has 1 unspecified atom stereocenters. The molecule has 160 valence electrons. The number of benzene rings is 1. The lowest BCUT2D eigenvalue weighted by molar-refractivity contribution is -0.127. The van der Waals surface area contributed by atoms with Gasteiger partial charge in [0.2, 0.25) is 5.91 Å². The first kappa shape index (κ1) is 20.8. The molecular formula is C21H27N5O3S. The highest BCUT2D eigenvalue weighted by Gasteiger charge is 2.26. The zero-order chi connectivity index (χ0) is 20.8. The van der Waals surface area contributed by atoms with Crippen molar-refractivity contribution in [1.82, 2.24) is 20.7 Å². The zero-order valence-corrected chi connectivity index (χ0v) is 17.7. The summed E-state index contributed by atoms with van der Waals surface area (Å²) in [7, 11) is 0. The second-order valence-electron chi connectivity index (χ2n) is 7.62. The monoisotopic (exact) mass is 429 g/mol. The number of nitrogens with one attached hydrogen (secondary N) is 2. The van der Waals surface area contributed by atoms with E-state index in [-0.39, 0.29) is 11.8 Å². The molecule has 9 heteroatoms. The van der Waals surface area contributed by atoms with Crippen molar-refractivity contribution in [2.24, 2.45) is 5.92 Å². The van der Waals surface area contributed by atoms with Crippen LogP contribution in [0.5, 0.6) is 0 Å². The largest absolute Gasteiger partial charge is 0.378 e. The number of carbonyl (C=O) groups excluding carboxylic acids is 2. The van der Waals surface area contributed by atoms with Gasteiger partial charge in [-0.05, 0) is 24.9 Å². The molecule has 1 atom stereocenters. The van der Waals surface area contributed by atoms with Crippen LogP contribution in [-0.2, 0) is 16.1 Å². The maximum absolute atomic E-state index is 12.6. The van der Waals surface area contributed by atoms with Crippen LogP contribution in [-0.4, -0.2) is 61.1 Å². The van der Waals surface area contributed by atoms with Gasteiger partial charge < -0.3 is 9.64 Å². The average Bonchev–Trinajstić information content (AvgIpc) is 3.29. The molecule has 0 bridgehead atoms. The van der Waals surface area contributed by atoms with Crippen LogP contribution in [0.15, 0.2) is 35.7 Å². The number of rotatable bonds is 5.